The van der Waals surface area contributed by atoms with Crippen molar-refractivity contribution in [3.8, 4) is 0 Å². The Kier molecular flexibility index (Phi) is 16.8. The second-order valence-electron chi connectivity index (χ2n) is 8.12. The van der Waals surface area contributed by atoms with E-state index in [9.17, 15) is 4.79 Å². The molecule has 0 rings (SSSR count). The van der Waals surface area contributed by atoms with Crippen LogP contribution in [0.3, 0.4) is 0 Å². The van der Waals surface area contributed by atoms with Crippen molar-refractivity contribution < 1.29 is 4.79 Å². The molecule has 170 valence electrons. The zero-order chi connectivity index (χ0) is 22.8. The summed E-state index contributed by atoms with van der Waals surface area (Å²) in [6.07, 6.45) is 14.4. The Balaban J connectivity index is 4.36. The molecule has 2 atom stereocenters. The van der Waals surface area contributed by atoms with Gasteiger partial charge in [-0.05, 0) is 59.8 Å². The summed E-state index contributed by atoms with van der Waals surface area (Å²) in [5.41, 5.74) is 11.2. The molecule has 5 heteroatoms. The minimum absolute atomic E-state index is 0.0173. The van der Waals surface area contributed by atoms with Gasteiger partial charge >= 0.3 is 0 Å². The van der Waals surface area contributed by atoms with Crippen molar-refractivity contribution in [1.29, 1.82) is 0 Å². The van der Waals surface area contributed by atoms with Crippen LogP contribution in [-0.2, 0) is 4.79 Å². The Morgan fingerprint density at radius 2 is 1.77 bits per heavy atom. The molecule has 0 heterocycles. The number of allylic oxidation sites excluding steroid dienone is 6. The number of hydrogen-bond acceptors (Lipinski definition) is 5. The van der Waals surface area contributed by atoms with E-state index in [0.717, 1.165) is 49.2 Å². The summed E-state index contributed by atoms with van der Waals surface area (Å²) < 4.78 is 0. The first-order chi connectivity index (χ1) is 14.3. The number of hydrogen-bond donors (Lipinski definition) is 3. The van der Waals surface area contributed by atoms with Gasteiger partial charge in [0.05, 0.1) is 0 Å². The monoisotopic (exact) mass is 433 g/mol. The average Bonchev–Trinajstić information content (AvgIpc) is 2.68. The Hall–Kier alpha value is -1.88. The number of thioether (sulfide) groups is 1. The lowest BCUT2D eigenvalue weighted by atomic mass is 10.1. The molecule has 0 aliphatic rings. The molecule has 0 aromatic carbocycles. The van der Waals surface area contributed by atoms with Gasteiger partial charge in [-0.3, -0.25) is 0 Å². The van der Waals surface area contributed by atoms with Gasteiger partial charge in [-0.25, -0.2) is 0 Å². The summed E-state index contributed by atoms with van der Waals surface area (Å²) in [4.78, 5) is 10.8. The number of hydrazine groups is 1. The first kappa shape index (κ1) is 28.1. The second-order valence-corrected chi connectivity index (χ2v) is 9.19. The highest BCUT2D eigenvalue weighted by molar-refractivity contribution is 7.99. The Morgan fingerprint density at radius 3 is 2.40 bits per heavy atom. The summed E-state index contributed by atoms with van der Waals surface area (Å²) in [6, 6.07) is 0.323. The molecule has 0 bridgehead atoms. The van der Waals surface area contributed by atoms with Crippen molar-refractivity contribution in [3.05, 3.63) is 60.1 Å². The molecule has 0 aromatic heterocycles. The Bertz CT molecular complexity index is 604. The van der Waals surface area contributed by atoms with Crippen molar-refractivity contribution in [2.24, 2.45) is 5.92 Å². The SMILES string of the molecule is C=CNN/C(=C\CSCC(C)NC(=C)CC(C)C=O)CC/C=C(\C)CCC=C(C)C. The topological polar surface area (TPSA) is 53.2 Å². The fraction of sp³-hybridized carbons (Fsp3) is 0.560. The Labute approximate surface area is 189 Å². The second kappa shape index (κ2) is 17.9. The van der Waals surface area contributed by atoms with Crippen LogP contribution in [0.1, 0.15) is 66.7 Å². The van der Waals surface area contributed by atoms with Gasteiger partial charge in [0.25, 0.3) is 0 Å². The first-order valence-electron chi connectivity index (χ1n) is 10.9. The fourth-order valence-electron chi connectivity index (χ4n) is 2.81. The van der Waals surface area contributed by atoms with Gasteiger partial charge in [-0.1, -0.05) is 49.5 Å². The molecule has 4 nitrogen and oxygen atoms in total. The zero-order valence-electron chi connectivity index (χ0n) is 19.7. The van der Waals surface area contributed by atoms with Crippen molar-refractivity contribution in [1.82, 2.24) is 16.2 Å². The zero-order valence-corrected chi connectivity index (χ0v) is 20.5. The third kappa shape index (κ3) is 17.0. The molecule has 2 unspecified atom stereocenters. The highest BCUT2D eigenvalue weighted by atomic mass is 32.2. The number of nitrogens with one attached hydrogen (secondary N) is 3. The molecular formula is C25H43N3OS. The van der Waals surface area contributed by atoms with E-state index >= 15 is 0 Å². The van der Waals surface area contributed by atoms with Gasteiger partial charge in [0.2, 0.25) is 0 Å². The Morgan fingerprint density at radius 1 is 1.07 bits per heavy atom. The molecule has 30 heavy (non-hydrogen) atoms. The van der Waals surface area contributed by atoms with Crippen molar-refractivity contribution in [2.75, 3.05) is 11.5 Å². The highest BCUT2D eigenvalue weighted by Crippen LogP contribution is 2.13. The van der Waals surface area contributed by atoms with Crippen molar-refractivity contribution >= 4 is 18.0 Å². The highest BCUT2D eigenvalue weighted by Gasteiger charge is 2.06. The minimum Gasteiger partial charge on any atom is -0.386 e. The fourth-order valence-corrected chi connectivity index (χ4v) is 3.71. The molecule has 3 N–H and O–H groups in total. The molecule has 0 aliphatic carbocycles. The summed E-state index contributed by atoms with van der Waals surface area (Å²) in [5.74, 6) is 1.94. The van der Waals surface area contributed by atoms with E-state index in [1.807, 2.05) is 18.7 Å². The van der Waals surface area contributed by atoms with Crippen molar-refractivity contribution in [2.45, 2.75) is 72.8 Å². The van der Waals surface area contributed by atoms with Gasteiger partial charge in [-0.15, -0.1) is 0 Å². The van der Waals surface area contributed by atoms with E-state index in [-0.39, 0.29) is 5.92 Å². The summed E-state index contributed by atoms with van der Waals surface area (Å²) in [5, 5.41) is 3.39. The molecule has 0 radical (unpaired) electrons. The van der Waals surface area contributed by atoms with Crippen LogP contribution in [0.2, 0.25) is 0 Å². The number of aldehydes is 1. The maximum atomic E-state index is 10.8. The predicted molar refractivity (Wildman–Crippen MR) is 135 cm³/mol. The minimum atomic E-state index is 0.0173. The van der Waals surface area contributed by atoms with Crippen LogP contribution in [0.5, 0.6) is 0 Å². The van der Waals surface area contributed by atoms with Gasteiger partial charge in [0.15, 0.2) is 0 Å². The third-order valence-corrected chi connectivity index (χ3v) is 5.54. The molecule has 0 spiro atoms. The molecule has 0 aromatic rings. The van der Waals surface area contributed by atoms with Gasteiger partial charge in [0, 0.05) is 41.1 Å². The standard InChI is InChI=1S/C25H43N3OS/c1-8-26-28-25(14-10-13-21(4)12-9-11-20(2)3)15-16-30-19-24(7)27-23(6)17-22(5)18-29/h8,11,13,15,18,22,24,26-28H,1,6,9-10,12,14,16-17,19H2,2-5,7H3/b21-13+,25-15-. The average molecular weight is 434 g/mol. The van der Waals surface area contributed by atoms with Crippen LogP contribution < -0.4 is 16.2 Å². The van der Waals surface area contributed by atoms with E-state index in [0.29, 0.717) is 12.5 Å². The van der Waals surface area contributed by atoms with Gasteiger partial charge in [0.1, 0.15) is 6.29 Å². The third-order valence-electron chi connectivity index (χ3n) is 4.40. The van der Waals surface area contributed by atoms with Crippen LogP contribution in [-0.4, -0.2) is 23.8 Å². The molecular weight excluding hydrogens is 390 g/mol. The summed E-state index contributed by atoms with van der Waals surface area (Å²) in [6.45, 7) is 18.3. The van der Waals surface area contributed by atoms with Crippen LogP contribution in [0.25, 0.3) is 0 Å². The van der Waals surface area contributed by atoms with Crippen LogP contribution in [0.4, 0.5) is 0 Å². The van der Waals surface area contributed by atoms with E-state index in [1.54, 1.807) is 6.20 Å². The maximum Gasteiger partial charge on any atom is 0.123 e. The number of carbonyl (C=O) groups is 1. The van der Waals surface area contributed by atoms with Gasteiger partial charge in [-0.2, -0.15) is 11.8 Å². The summed E-state index contributed by atoms with van der Waals surface area (Å²) >= 11 is 1.88. The largest absolute Gasteiger partial charge is 0.386 e. The molecule has 0 amide bonds. The van der Waals surface area contributed by atoms with E-state index < -0.39 is 0 Å². The van der Waals surface area contributed by atoms with Crippen LogP contribution in [0.15, 0.2) is 60.1 Å². The van der Waals surface area contributed by atoms with E-state index in [1.165, 1.54) is 16.8 Å². The molecule has 0 aliphatic heterocycles. The van der Waals surface area contributed by atoms with Crippen LogP contribution in [0, 0.1) is 5.92 Å². The van der Waals surface area contributed by atoms with Gasteiger partial charge < -0.3 is 21.0 Å². The predicted octanol–water partition coefficient (Wildman–Crippen LogP) is 6.03. The first-order valence-corrected chi connectivity index (χ1v) is 12.0. The number of carbonyl (C=O) groups excluding carboxylic acids is 1. The molecule has 0 saturated carbocycles. The quantitative estimate of drug-likeness (QED) is 0.107. The van der Waals surface area contributed by atoms with E-state index in [4.69, 9.17) is 0 Å². The smallest absolute Gasteiger partial charge is 0.123 e. The molecule has 0 fully saturated rings. The summed E-state index contributed by atoms with van der Waals surface area (Å²) in [7, 11) is 0. The number of rotatable bonds is 18. The maximum absolute atomic E-state index is 10.8. The lowest BCUT2D eigenvalue weighted by Gasteiger charge is -2.17. The van der Waals surface area contributed by atoms with Crippen molar-refractivity contribution in [3.63, 3.8) is 0 Å². The normalized spacial score (nSPS) is 13.8. The van der Waals surface area contributed by atoms with Crippen LogP contribution >= 0.6 is 11.8 Å². The molecule has 0 saturated heterocycles. The van der Waals surface area contributed by atoms with E-state index in [2.05, 4.69) is 75.2 Å². The lowest BCUT2D eigenvalue weighted by Crippen LogP contribution is -2.28. The lowest BCUT2D eigenvalue weighted by molar-refractivity contribution is -0.110.